The van der Waals surface area contributed by atoms with Crippen molar-refractivity contribution in [2.45, 2.75) is 12.1 Å². The number of nitrogens with one attached hydrogen (secondary N) is 2. The predicted octanol–water partition coefficient (Wildman–Crippen LogP) is 0.608. The molecule has 0 bridgehead atoms. The van der Waals surface area contributed by atoms with E-state index < -0.39 is 6.04 Å². The molecule has 132 valence electrons. The van der Waals surface area contributed by atoms with Crippen molar-refractivity contribution in [1.29, 1.82) is 0 Å². The molecule has 0 spiro atoms. The van der Waals surface area contributed by atoms with Gasteiger partial charge in [0.15, 0.2) is 0 Å². The highest BCUT2D eigenvalue weighted by Gasteiger charge is 2.41. The van der Waals surface area contributed by atoms with E-state index in [9.17, 15) is 14.4 Å². The lowest BCUT2D eigenvalue weighted by molar-refractivity contribution is -0.137. The number of nitrogens with zero attached hydrogens (tertiary/aromatic N) is 2. The molecular weight excluding hydrogens is 364 g/mol. The summed E-state index contributed by atoms with van der Waals surface area (Å²) in [5.74, 6) is 0.986. The summed E-state index contributed by atoms with van der Waals surface area (Å²) in [6, 6.07) is 3.93. The number of benzene rings is 1. The van der Waals surface area contributed by atoms with Gasteiger partial charge in [-0.05, 0) is 18.2 Å². The molecule has 0 aromatic heterocycles. The van der Waals surface area contributed by atoms with Crippen molar-refractivity contribution in [3.05, 3.63) is 28.8 Å². The Bertz CT molecular complexity index is 753. The zero-order chi connectivity index (χ0) is 17.6. The molecule has 3 aliphatic rings. The van der Waals surface area contributed by atoms with Crippen LogP contribution in [0, 0.1) is 0 Å². The van der Waals surface area contributed by atoms with Gasteiger partial charge in [0.25, 0.3) is 5.91 Å². The van der Waals surface area contributed by atoms with Gasteiger partial charge in [0.05, 0.1) is 23.8 Å². The highest BCUT2D eigenvalue weighted by Crippen LogP contribution is 2.28. The van der Waals surface area contributed by atoms with Crippen LogP contribution in [0.2, 0.25) is 5.02 Å². The molecular formula is C16H17ClN4O3S. The van der Waals surface area contributed by atoms with Crippen molar-refractivity contribution in [1.82, 2.24) is 15.1 Å². The molecule has 3 heterocycles. The molecule has 0 saturated carbocycles. The minimum Gasteiger partial charge on any atom is -0.337 e. The van der Waals surface area contributed by atoms with E-state index in [1.54, 1.807) is 39.8 Å². The standard InChI is InChI=1S/C16H17ClN4O3S/c17-9-1-2-10-11(5-9)19-14(22)13-6-20(3-4-21(13)15(10)23)16(24)12-7-25-8-18-12/h1-2,5,12-13,18H,3-4,6-8H2,(H,19,22). The molecule has 4 rings (SSSR count). The van der Waals surface area contributed by atoms with Gasteiger partial charge in [0.1, 0.15) is 6.04 Å². The van der Waals surface area contributed by atoms with E-state index in [0.717, 1.165) is 11.6 Å². The third-order valence-electron chi connectivity index (χ3n) is 4.74. The number of anilines is 1. The van der Waals surface area contributed by atoms with Crippen LogP contribution in [-0.2, 0) is 9.59 Å². The second-order valence-electron chi connectivity index (χ2n) is 6.25. The third kappa shape index (κ3) is 2.98. The van der Waals surface area contributed by atoms with Crippen molar-refractivity contribution in [2.24, 2.45) is 0 Å². The lowest BCUT2D eigenvalue weighted by atomic mass is 10.1. The molecule has 2 unspecified atom stereocenters. The van der Waals surface area contributed by atoms with E-state index >= 15 is 0 Å². The topological polar surface area (TPSA) is 81.8 Å². The Morgan fingerprint density at radius 2 is 2.12 bits per heavy atom. The number of hydrogen-bond donors (Lipinski definition) is 2. The molecule has 3 amide bonds. The smallest absolute Gasteiger partial charge is 0.256 e. The summed E-state index contributed by atoms with van der Waals surface area (Å²) in [6.45, 7) is 0.978. The Balaban J connectivity index is 1.58. The van der Waals surface area contributed by atoms with Gasteiger partial charge < -0.3 is 15.1 Å². The average Bonchev–Trinajstić information content (AvgIpc) is 3.11. The Morgan fingerprint density at radius 1 is 1.28 bits per heavy atom. The van der Waals surface area contributed by atoms with Gasteiger partial charge in [-0.25, -0.2) is 0 Å². The lowest BCUT2D eigenvalue weighted by Gasteiger charge is -2.40. The van der Waals surface area contributed by atoms with E-state index in [-0.39, 0.29) is 30.3 Å². The van der Waals surface area contributed by atoms with Crippen molar-refractivity contribution in [2.75, 3.05) is 36.6 Å². The van der Waals surface area contributed by atoms with Gasteiger partial charge in [-0.3, -0.25) is 19.7 Å². The van der Waals surface area contributed by atoms with Crippen LogP contribution in [0.25, 0.3) is 0 Å². The van der Waals surface area contributed by atoms with Gasteiger partial charge in [0, 0.05) is 29.7 Å². The first-order valence-corrected chi connectivity index (χ1v) is 9.59. The van der Waals surface area contributed by atoms with Gasteiger partial charge in [-0.15, -0.1) is 11.8 Å². The Kier molecular flexibility index (Phi) is 4.35. The summed E-state index contributed by atoms with van der Waals surface area (Å²) in [5.41, 5.74) is 0.845. The number of piperazine rings is 1. The fourth-order valence-corrected chi connectivity index (χ4v) is 4.51. The van der Waals surface area contributed by atoms with Crippen molar-refractivity contribution in [3.8, 4) is 0 Å². The maximum atomic E-state index is 12.8. The number of amides is 3. The number of thioether (sulfide) groups is 1. The highest BCUT2D eigenvalue weighted by molar-refractivity contribution is 7.99. The van der Waals surface area contributed by atoms with Crippen LogP contribution in [0.1, 0.15) is 10.4 Å². The Labute approximate surface area is 154 Å². The predicted molar refractivity (Wildman–Crippen MR) is 95.7 cm³/mol. The molecule has 2 atom stereocenters. The van der Waals surface area contributed by atoms with E-state index in [4.69, 9.17) is 11.6 Å². The Morgan fingerprint density at radius 3 is 2.88 bits per heavy atom. The average molecular weight is 381 g/mol. The van der Waals surface area contributed by atoms with E-state index in [1.165, 1.54) is 0 Å². The van der Waals surface area contributed by atoms with Crippen molar-refractivity contribution < 1.29 is 14.4 Å². The number of hydrogen-bond acceptors (Lipinski definition) is 5. The lowest BCUT2D eigenvalue weighted by Crippen LogP contribution is -2.61. The number of rotatable bonds is 1. The first-order chi connectivity index (χ1) is 12.0. The molecule has 2 fully saturated rings. The molecule has 0 aliphatic carbocycles. The molecule has 3 aliphatic heterocycles. The maximum Gasteiger partial charge on any atom is 0.256 e. The molecule has 25 heavy (non-hydrogen) atoms. The summed E-state index contributed by atoms with van der Waals surface area (Å²) in [7, 11) is 0. The summed E-state index contributed by atoms with van der Waals surface area (Å²) >= 11 is 7.66. The second-order valence-corrected chi connectivity index (χ2v) is 7.72. The largest absolute Gasteiger partial charge is 0.337 e. The summed E-state index contributed by atoms with van der Waals surface area (Å²) in [6.07, 6.45) is 0. The van der Waals surface area contributed by atoms with Gasteiger partial charge in [0.2, 0.25) is 11.8 Å². The summed E-state index contributed by atoms with van der Waals surface area (Å²) in [4.78, 5) is 41.3. The van der Waals surface area contributed by atoms with Crippen LogP contribution in [0.4, 0.5) is 5.69 Å². The monoisotopic (exact) mass is 380 g/mol. The molecule has 2 N–H and O–H groups in total. The highest BCUT2D eigenvalue weighted by atomic mass is 35.5. The van der Waals surface area contributed by atoms with Crippen LogP contribution in [-0.4, -0.2) is 70.9 Å². The number of fused-ring (bicyclic) bond motifs is 2. The molecule has 1 aromatic rings. The molecule has 7 nitrogen and oxygen atoms in total. The SMILES string of the molecule is O=C1Nc2cc(Cl)ccc2C(=O)N2CCN(C(=O)C3CSCN3)CC12. The minimum absolute atomic E-state index is 0.00490. The first kappa shape index (κ1) is 16.7. The van der Waals surface area contributed by atoms with Crippen LogP contribution in [0.15, 0.2) is 18.2 Å². The summed E-state index contributed by atoms with van der Waals surface area (Å²) in [5, 5.41) is 6.38. The quantitative estimate of drug-likeness (QED) is 0.746. The number of carbonyl (C=O) groups excluding carboxylic acids is 3. The second kappa shape index (κ2) is 6.51. The fourth-order valence-electron chi connectivity index (χ4n) is 3.40. The number of halogens is 1. The normalized spacial score (nSPS) is 26.0. The molecule has 0 radical (unpaired) electrons. The fraction of sp³-hybridized carbons (Fsp3) is 0.438. The van der Waals surface area contributed by atoms with Gasteiger partial charge >= 0.3 is 0 Å². The van der Waals surface area contributed by atoms with Gasteiger partial charge in [-0.2, -0.15) is 0 Å². The number of carbonyl (C=O) groups is 3. The van der Waals surface area contributed by atoms with Crippen LogP contribution in [0.3, 0.4) is 0 Å². The molecule has 1 aromatic carbocycles. The molecule has 9 heteroatoms. The maximum absolute atomic E-state index is 12.8. The van der Waals surface area contributed by atoms with E-state index in [2.05, 4.69) is 10.6 Å². The zero-order valence-electron chi connectivity index (χ0n) is 13.3. The van der Waals surface area contributed by atoms with Crippen LogP contribution in [0.5, 0.6) is 0 Å². The van der Waals surface area contributed by atoms with Crippen molar-refractivity contribution in [3.63, 3.8) is 0 Å². The minimum atomic E-state index is -0.689. The summed E-state index contributed by atoms with van der Waals surface area (Å²) < 4.78 is 0. The third-order valence-corrected chi connectivity index (χ3v) is 5.91. The van der Waals surface area contributed by atoms with Crippen LogP contribution < -0.4 is 10.6 Å². The molecule has 2 saturated heterocycles. The van der Waals surface area contributed by atoms with Gasteiger partial charge in [-0.1, -0.05) is 11.6 Å². The van der Waals surface area contributed by atoms with E-state index in [0.29, 0.717) is 29.4 Å². The Hall–Kier alpha value is -1.77. The van der Waals surface area contributed by atoms with Crippen LogP contribution >= 0.6 is 23.4 Å². The van der Waals surface area contributed by atoms with E-state index in [1.807, 2.05) is 0 Å². The first-order valence-electron chi connectivity index (χ1n) is 8.06. The zero-order valence-corrected chi connectivity index (χ0v) is 14.9. The van der Waals surface area contributed by atoms with Crippen molar-refractivity contribution >= 4 is 46.8 Å².